The second kappa shape index (κ2) is 8.70. The molecule has 3 aromatic rings. The van der Waals surface area contributed by atoms with E-state index in [2.05, 4.69) is 16.0 Å². The Morgan fingerprint density at radius 1 is 0.892 bits per heavy atom. The highest BCUT2D eigenvalue weighted by Crippen LogP contribution is 2.32. The Labute approximate surface area is 212 Å². The summed E-state index contributed by atoms with van der Waals surface area (Å²) in [6, 6.07) is 16.4. The zero-order valence-corrected chi connectivity index (χ0v) is 20.5. The molecule has 2 aliphatic rings. The lowest BCUT2D eigenvalue weighted by atomic mass is 9.91. The lowest BCUT2D eigenvalue weighted by Crippen LogP contribution is -2.40. The fourth-order valence-corrected chi connectivity index (χ4v) is 4.55. The molecule has 9 heteroatoms. The van der Waals surface area contributed by atoms with E-state index in [-0.39, 0.29) is 23.2 Å². The summed E-state index contributed by atoms with van der Waals surface area (Å²) < 4.78 is 0. The predicted octanol–water partition coefficient (Wildman–Crippen LogP) is 3.09. The molecule has 0 spiro atoms. The van der Waals surface area contributed by atoms with Crippen LogP contribution in [0.2, 0.25) is 0 Å². The first-order chi connectivity index (χ1) is 17.6. The van der Waals surface area contributed by atoms with E-state index >= 15 is 0 Å². The van der Waals surface area contributed by atoms with E-state index in [1.807, 2.05) is 26.0 Å². The van der Waals surface area contributed by atoms with Gasteiger partial charge in [0.1, 0.15) is 5.54 Å². The third-order valence-corrected chi connectivity index (χ3v) is 6.78. The van der Waals surface area contributed by atoms with Gasteiger partial charge in [-0.2, -0.15) is 0 Å². The van der Waals surface area contributed by atoms with Gasteiger partial charge in [0, 0.05) is 12.1 Å². The normalized spacial score (nSPS) is 18.5. The number of benzene rings is 3. The summed E-state index contributed by atoms with van der Waals surface area (Å²) in [4.78, 5) is 63.8. The SMILES string of the molecule is Cc1ccc(C)c(N2C(=O)c3ccc(C(=O)NCc4ccc(C5(C)NC(=O)NC5=O)cc4)cc3C2=O)c1. The largest absolute Gasteiger partial charge is 0.348 e. The third-order valence-electron chi connectivity index (χ3n) is 6.78. The Kier molecular flexibility index (Phi) is 5.63. The van der Waals surface area contributed by atoms with Crippen LogP contribution in [0.4, 0.5) is 10.5 Å². The summed E-state index contributed by atoms with van der Waals surface area (Å²) in [5.41, 5.74) is 3.20. The van der Waals surface area contributed by atoms with Gasteiger partial charge in [0.15, 0.2) is 0 Å². The van der Waals surface area contributed by atoms with Gasteiger partial charge in [-0.1, -0.05) is 36.4 Å². The summed E-state index contributed by atoms with van der Waals surface area (Å²) in [7, 11) is 0. The van der Waals surface area contributed by atoms with Gasteiger partial charge in [-0.25, -0.2) is 9.69 Å². The predicted molar refractivity (Wildman–Crippen MR) is 135 cm³/mol. The van der Waals surface area contributed by atoms with Crippen LogP contribution in [-0.2, 0) is 16.9 Å². The minimum absolute atomic E-state index is 0.188. The maximum Gasteiger partial charge on any atom is 0.322 e. The third kappa shape index (κ3) is 4.04. The molecule has 1 fully saturated rings. The van der Waals surface area contributed by atoms with E-state index in [0.29, 0.717) is 11.3 Å². The van der Waals surface area contributed by atoms with Crippen LogP contribution in [0.5, 0.6) is 0 Å². The van der Waals surface area contributed by atoms with E-state index in [4.69, 9.17) is 0 Å². The van der Waals surface area contributed by atoms with Gasteiger partial charge in [-0.05, 0) is 67.3 Å². The molecule has 6 amide bonds. The zero-order valence-electron chi connectivity index (χ0n) is 20.5. The second-order valence-electron chi connectivity index (χ2n) is 9.41. The van der Waals surface area contributed by atoms with Crippen molar-refractivity contribution in [1.82, 2.24) is 16.0 Å². The first-order valence-electron chi connectivity index (χ1n) is 11.7. The first-order valence-corrected chi connectivity index (χ1v) is 11.7. The highest BCUT2D eigenvalue weighted by molar-refractivity contribution is 6.35. The summed E-state index contributed by atoms with van der Waals surface area (Å²) in [6.07, 6.45) is 0. The number of amides is 6. The molecule has 3 aromatic carbocycles. The highest BCUT2D eigenvalue weighted by atomic mass is 16.2. The average molecular weight is 497 g/mol. The van der Waals surface area contributed by atoms with Gasteiger partial charge in [0.25, 0.3) is 23.6 Å². The summed E-state index contributed by atoms with van der Waals surface area (Å²) in [6.45, 7) is 5.54. The number of carbonyl (C=O) groups excluding carboxylic acids is 5. The Morgan fingerprint density at radius 3 is 2.27 bits per heavy atom. The van der Waals surface area contributed by atoms with Crippen LogP contribution < -0.4 is 20.9 Å². The molecule has 1 saturated heterocycles. The highest BCUT2D eigenvalue weighted by Gasteiger charge is 2.43. The maximum absolute atomic E-state index is 13.2. The number of rotatable bonds is 5. The molecule has 0 saturated carbocycles. The molecule has 5 rings (SSSR count). The maximum atomic E-state index is 13.2. The molecule has 1 atom stereocenters. The Morgan fingerprint density at radius 2 is 1.59 bits per heavy atom. The van der Waals surface area contributed by atoms with Crippen LogP contribution in [-0.4, -0.2) is 29.7 Å². The summed E-state index contributed by atoms with van der Waals surface area (Å²) in [5.74, 6) is -1.71. The molecular formula is C28H24N4O5. The minimum Gasteiger partial charge on any atom is -0.348 e. The van der Waals surface area contributed by atoms with Crippen molar-refractivity contribution < 1.29 is 24.0 Å². The molecule has 186 valence electrons. The Balaban J connectivity index is 1.30. The number of nitrogens with zero attached hydrogens (tertiary/aromatic N) is 1. The van der Waals surface area contributed by atoms with Crippen LogP contribution in [0.3, 0.4) is 0 Å². The number of hydrogen-bond acceptors (Lipinski definition) is 5. The molecule has 9 nitrogen and oxygen atoms in total. The van der Waals surface area contributed by atoms with E-state index in [1.165, 1.54) is 18.2 Å². The zero-order chi connectivity index (χ0) is 26.5. The van der Waals surface area contributed by atoms with Crippen molar-refractivity contribution in [1.29, 1.82) is 0 Å². The van der Waals surface area contributed by atoms with Crippen molar-refractivity contribution in [2.75, 3.05) is 4.90 Å². The van der Waals surface area contributed by atoms with Crippen molar-refractivity contribution in [2.24, 2.45) is 0 Å². The molecular weight excluding hydrogens is 472 g/mol. The molecule has 0 aromatic heterocycles. The molecule has 0 aliphatic carbocycles. The number of aryl methyl sites for hydroxylation is 2. The molecule has 2 aliphatic heterocycles. The van der Waals surface area contributed by atoms with Crippen molar-refractivity contribution in [3.8, 4) is 0 Å². The van der Waals surface area contributed by atoms with Gasteiger partial charge in [-0.3, -0.25) is 24.5 Å². The monoisotopic (exact) mass is 496 g/mol. The first kappa shape index (κ1) is 23.9. The second-order valence-corrected chi connectivity index (χ2v) is 9.41. The van der Waals surface area contributed by atoms with Gasteiger partial charge >= 0.3 is 6.03 Å². The molecule has 0 radical (unpaired) electrons. The fourth-order valence-electron chi connectivity index (χ4n) is 4.55. The minimum atomic E-state index is -1.15. The lowest BCUT2D eigenvalue weighted by molar-refractivity contribution is -0.123. The van der Waals surface area contributed by atoms with Gasteiger partial charge in [0.05, 0.1) is 16.8 Å². The molecule has 3 N–H and O–H groups in total. The molecule has 0 bridgehead atoms. The fraction of sp³-hybridized carbons (Fsp3) is 0.179. The lowest BCUT2D eigenvalue weighted by Gasteiger charge is -2.21. The smallest absolute Gasteiger partial charge is 0.322 e. The van der Waals surface area contributed by atoms with Crippen molar-refractivity contribution in [2.45, 2.75) is 32.9 Å². The van der Waals surface area contributed by atoms with Crippen LogP contribution >= 0.6 is 0 Å². The summed E-state index contributed by atoms with van der Waals surface area (Å²) in [5, 5.41) is 7.64. The van der Waals surface area contributed by atoms with Crippen LogP contribution in [0, 0.1) is 13.8 Å². The number of imide groups is 2. The van der Waals surface area contributed by atoms with Gasteiger partial charge < -0.3 is 10.6 Å². The molecule has 37 heavy (non-hydrogen) atoms. The summed E-state index contributed by atoms with van der Waals surface area (Å²) >= 11 is 0. The number of nitrogens with one attached hydrogen (secondary N) is 3. The van der Waals surface area contributed by atoms with Crippen molar-refractivity contribution >= 4 is 35.3 Å². The average Bonchev–Trinajstić information content (AvgIpc) is 3.29. The van der Waals surface area contributed by atoms with E-state index in [9.17, 15) is 24.0 Å². The van der Waals surface area contributed by atoms with Crippen molar-refractivity contribution in [3.63, 3.8) is 0 Å². The van der Waals surface area contributed by atoms with E-state index in [1.54, 1.807) is 37.3 Å². The Bertz CT molecular complexity index is 1510. The van der Waals surface area contributed by atoms with Crippen LogP contribution in [0.1, 0.15) is 60.3 Å². The number of urea groups is 1. The number of anilines is 1. The van der Waals surface area contributed by atoms with Gasteiger partial charge in [-0.15, -0.1) is 0 Å². The quantitative estimate of drug-likeness (QED) is 0.370. The Hall–Kier alpha value is -4.79. The van der Waals surface area contributed by atoms with E-state index in [0.717, 1.165) is 21.6 Å². The number of hydrogen-bond donors (Lipinski definition) is 3. The van der Waals surface area contributed by atoms with Crippen LogP contribution in [0.25, 0.3) is 0 Å². The molecule has 2 heterocycles. The van der Waals surface area contributed by atoms with Crippen LogP contribution in [0.15, 0.2) is 60.7 Å². The number of fused-ring (bicyclic) bond motifs is 1. The standard InChI is InChI=1S/C28H24N4O5/c1-15-4-5-16(2)22(12-15)32-24(34)20-11-8-18(13-21(20)25(32)35)23(33)29-14-17-6-9-19(10-7-17)28(3)26(36)30-27(37)31-28/h4-13H,14H2,1-3H3,(H,29,33)(H2,30,31,36,37). The van der Waals surface area contributed by atoms with Crippen molar-refractivity contribution in [3.05, 3.63) is 99.6 Å². The van der Waals surface area contributed by atoms with Gasteiger partial charge in [0.2, 0.25) is 0 Å². The molecule has 1 unspecified atom stereocenters. The topological polar surface area (TPSA) is 125 Å². The van der Waals surface area contributed by atoms with E-state index < -0.39 is 35.2 Å². The number of carbonyl (C=O) groups is 5.